The normalized spacial score (nSPS) is 22.6. The van der Waals surface area contributed by atoms with Crippen molar-refractivity contribution < 1.29 is 13.2 Å². The van der Waals surface area contributed by atoms with Crippen LogP contribution in [-0.2, 0) is 16.6 Å². The molecule has 1 amide bonds. The van der Waals surface area contributed by atoms with Crippen LogP contribution in [0.4, 0.5) is 0 Å². The summed E-state index contributed by atoms with van der Waals surface area (Å²) in [5.41, 5.74) is 2.43. The number of hydrogen-bond donors (Lipinski definition) is 1. The molecule has 1 fully saturated rings. The number of carbonyl (C=O) groups excluding carboxylic acids is 1. The number of sulfonamides is 1. The first kappa shape index (κ1) is 24.5. The van der Waals surface area contributed by atoms with Gasteiger partial charge >= 0.3 is 0 Å². The highest BCUT2D eigenvalue weighted by Crippen LogP contribution is 2.42. The number of amides is 1. The van der Waals surface area contributed by atoms with Crippen LogP contribution < -0.4 is 4.72 Å². The van der Waals surface area contributed by atoms with Gasteiger partial charge in [-0.15, -0.1) is 0 Å². The van der Waals surface area contributed by atoms with Gasteiger partial charge in [-0.1, -0.05) is 36.9 Å². The third-order valence-corrected chi connectivity index (χ3v) is 8.81. The smallest absolute Gasteiger partial charge is 0.264 e. The molecule has 0 unspecified atom stereocenters. The topological polar surface area (TPSA) is 74.6 Å². The zero-order valence-electron chi connectivity index (χ0n) is 19.6. The summed E-state index contributed by atoms with van der Waals surface area (Å²) in [7, 11) is 0.400. The molecule has 4 rings (SSSR count). The Labute approximate surface area is 202 Å². The number of nitrogens with one attached hydrogen (secondary N) is 1. The van der Waals surface area contributed by atoms with Crippen molar-refractivity contribution in [2.45, 2.75) is 51.0 Å². The minimum atomic E-state index is -3.69. The van der Waals surface area contributed by atoms with Crippen LogP contribution in [0.15, 0.2) is 18.2 Å². The maximum atomic E-state index is 12.8. The van der Waals surface area contributed by atoms with E-state index >= 15 is 0 Å². The standard InChI is InChI=1S/C24H35ClN4O3S/c1-27-11-6-16-33(31,32)26-24(30)19-9-10-20-21(17-19)29(15-14-28(2)13-12-27)23(25)22(20)18-7-4-3-5-8-18/h9-10,17-18H,3-8,11-16H2,1-2H3,(H,26,30). The van der Waals surface area contributed by atoms with Gasteiger partial charge in [0.15, 0.2) is 0 Å². The number of aromatic nitrogens is 1. The lowest BCUT2D eigenvalue weighted by Gasteiger charge is -2.23. The molecule has 1 aromatic carbocycles. The van der Waals surface area contributed by atoms with Crippen LogP contribution in [0.1, 0.15) is 60.4 Å². The summed E-state index contributed by atoms with van der Waals surface area (Å²) < 4.78 is 29.3. The van der Waals surface area contributed by atoms with E-state index in [-0.39, 0.29) is 5.75 Å². The Balaban J connectivity index is 1.75. The van der Waals surface area contributed by atoms with Crippen molar-refractivity contribution in [1.82, 2.24) is 19.1 Å². The third-order valence-electron chi connectivity index (χ3n) is 7.08. The second-order valence-electron chi connectivity index (χ2n) is 9.63. The summed E-state index contributed by atoms with van der Waals surface area (Å²) in [6, 6.07) is 5.48. The van der Waals surface area contributed by atoms with E-state index in [4.69, 9.17) is 11.6 Å². The van der Waals surface area contributed by atoms with Crippen LogP contribution in [0, 0.1) is 0 Å². The third kappa shape index (κ3) is 5.73. The quantitative estimate of drug-likeness (QED) is 0.654. The van der Waals surface area contributed by atoms with Gasteiger partial charge < -0.3 is 14.4 Å². The van der Waals surface area contributed by atoms with Crippen molar-refractivity contribution in [1.29, 1.82) is 0 Å². The average Bonchev–Trinajstić information content (AvgIpc) is 3.06. The number of halogens is 1. The predicted molar refractivity (Wildman–Crippen MR) is 134 cm³/mol. The van der Waals surface area contributed by atoms with Gasteiger partial charge in [0.25, 0.3) is 5.91 Å². The van der Waals surface area contributed by atoms with Gasteiger partial charge in [0.1, 0.15) is 5.15 Å². The number of hydrogen-bond acceptors (Lipinski definition) is 5. The summed E-state index contributed by atoms with van der Waals surface area (Å²) in [6.07, 6.45) is 6.43. The molecule has 0 radical (unpaired) electrons. The molecule has 1 aromatic heterocycles. The van der Waals surface area contributed by atoms with Crippen molar-refractivity contribution in [3.63, 3.8) is 0 Å². The van der Waals surface area contributed by atoms with E-state index in [9.17, 15) is 13.2 Å². The number of nitrogens with zero attached hydrogens (tertiary/aromatic N) is 3. The van der Waals surface area contributed by atoms with Gasteiger partial charge in [0, 0.05) is 42.7 Å². The maximum absolute atomic E-state index is 12.8. The Morgan fingerprint density at radius 3 is 2.33 bits per heavy atom. The molecule has 2 heterocycles. The number of fused-ring (bicyclic) bond motifs is 1. The molecular formula is C24H35ClN4O3S. The molecule has 1 saturated carbocycles. The van der Waals surface area contributed by atoms with Crippen LogP contribution in [0.2, 0.25) is 5.15 Å². The Morgan fingerprint density at radius 1 is 0.939 bits per heavy atom. The van der Waals surface area contributed by atoms with Crippen LogP contribution in [0.3, 0.4) is 0 Å². The Bertz CT molecular complexity index is 1110. The predicted octanol–water partition coefficient (Wildman–Crippen LogP) is 3.67. The monoisotopic (exact) mass is 494 g/mol. The van der Waals surface area contributed by atoms with E-state index in [1.165, 1.54) is 24.8 Å². The SMILES string of the molecule is CN1CCCS(=O)(=O)NC(=O)c2ccc3c(C4CCCCC4)c(Cl)n(c3c2)CCN(C)CC1. The molecule has 1 aliphatic carbocycles. The molecular weight excluding hydrogens is 460 g/mol. The van der Waals surface area contributed by atoms with Gasteiger partial charge in [-0.3, -0.25) is 4.79 Å². The van der Waals surface area contributed by atoms with Crippen molar-refractivity contribution in [3.8, 4) is 0 Å². The van der Waals surface area contributed by atoms with E-state index in [1.54, 1.807) is 12.1 Å². The second kappa shape index (κ2) is 10.3. The molecule has 2 bridgehead atoms. The van der Waals surface area contributed by atoms with E-state index in [2.05, 4.69) is 26.1 Å². The van der Waals surface area contributed by atoms with Crippen molar-refractivity contribution in [2.24, 2.45) is 0 Å². The number of carbonyl (C=O) groups is 1. The fourth-order valence-corrected chi connectivity index (χ4v) is 6.54. The van der Waals surface area contributed by atoms with E-state index in [1.807, 2.05) is 13.1 Å². The average molecular weight is 495 g/mol. The first-order valence-corrected chi connectivity index (χ1v) is 14.0. The number of likely N-dealkylation sites (N-methyl/N-ethyl adjacent to an activating group) is 2. The Hall–Kier alpha value is -1.61. The largest absolute Gasteiger partial charge is 0.330 e. The molecule has 0 saturated heterocycles. The summed E-state index contributed by atoms with van der Waals surface area (Å²) in [5.74, 6) is -0.233. The van der Waals surface area contributed by atoms with Gasteiger partial charge in [-0.2, -0.15) is 0 Å². The zero-order chi connectivity index (χ0) is 23.6. The molecule has 1 N–H and O–H groups in total. The Kier molecular flexibility index (Phi) is 7.68. The molecule has 2 aromatic rings. The molecule has 0 spiro atoms. The molecule has 182 valence electrons. The fraction of sp³-hybridized carbons (Fsp3) is 0.625. The minimum absolute atomic E-state index is 0.0742. The van der Waals surface area contributed by atoms with Crippen molar-refractivity contribution in [3.05, 3.63) is 34.5 Å². The highest BCUT2D eigenvalue weighted by atomic mass is 35.5. The van der Waals surface area contributed by atoms with Crippen LogP contribution in [0.25, 0.3) is 10.9 Å². The Morgan fingerprint density at radius 2 is 1.61 bits per heavy atom. The van der Waals surface area contributed by atoms with Crippen LogP contribution in [0.5, 0.6) is 0 Å². The van der Waals surface area contributed by atoms with Crippen molar-refractivity contribution in [2.75, 3.05) is 46.0 Å². The lowest BCUT2D eigenvalue weighted by molar-refractivity contribution is 0.0981. The van der Waals surface area contributed by atoms with E-state index in [0.717, 1.165) is 48.5 Å². The molecule has 7 nitrogen and oxygen atoms in total. The summed E-state index contributed by atoms with van der Waals surface area (Å²) in [5, 5.41) is 1.84. The van der Waals surface area contributed by atoms with E-state index in [0.29, 0.717) is 31.0 Å². The van der Waals surface area contributed by atoms with Gasteiger partial charge in [0.05, 0.1) is 11.3 Å². The number of rotatable bonds is 1. The van der Waals surface area contributed by atoms with Crippen LogP contribution >= 0.6 is 11.6 Å². The molecule has 33 heavy (non-hydrogen) atoms. The highest BCUT2D eigenvalue weighted by Gasteiger charge is 2.26. The molecule has 2 aliphatic rings. The first-order valence-electron chi connectivity index (χ1n) is 12.0. The summed E-state index contributed by atoms with van der Waals surface area (Å²) in [4.78, 5) is 17.2. The van der Waals surface area contributed by atoms with Crippen molar-refractivity contribution >= 4 is 38.4 Å². The molecule has 9 heteroatoms. The first-order chi connectivity index (χ1) is 15.7. The van der Waals surface area contributed by atoms with E-state index < -0.39 is 15.9 Å². The maximum Gasteiger partial charge on any atom is 0.264 e. The van der Waals surface area contributed by atoms with Gasteiger partial charge in [-0.25, -0.2) is 13.1 Å². The number of benzene rings is 1. The minimum Gasteiger partial charge on any atom is -0.330 e. The van der Waals surface area contributed by atoms with Gasteiger partial charge in [-0.05, 0) is 58.0 Å². The summed E-state index contributed by atoms with van der Waals surface area (Å²) >= 11 is 7.01. The second-order valence-corrected chi connectivity index (χ2v) is 11.8. The molecule has 0 atom stereocenters. The van der Waals surface area contributed by atoms with Gasteiger partial charge in [0.2, 0.25) is 10.0 Å². The van der Waals surface area contributed by atoms with Crippen LogP contribution in [-0.4, -0.2) is 74.7 Å². The lowest BCUT2D eigenvalue weighted by Crippen LogP contribution is -2.36. The highest BCUT2D eigenvalue weighted by molar-refractivity contribution is 7.90. The zero-order valence-corrected chi connectivity index (χ0v) is 21.2. The lowest BCUT2D eigenvalue weighted by atomic mass is 9.84. The fourth-order valence-electron chi connectivity index (χ4n) is 5.10. The molecule has 1 aliphatic heterocycles. The summed E-state index contributed by atoms with van der Waals surface area (Å²) in [6.45, 7) is 3.95.